The molecular formula is C23H24N4S. The Kier molecular flexibility index (Phi) is 6.23. The topological polar surface area (TPSA) is 52.3 Å². The number of nitriles is 1. The lowest BCUT2D eigenvalue weighted by atomic mass is 9.99. The highest BCUT2D eigenvalue weighted by Crippen LogP contribution is 2.28. The van der Waals surface area contributed by atoms with E-state index in [-0.39, 0.29) is 0 Å². The SMILES string of the molecule is CCN(C)C=Nc1cc(C)c(Cc2nc(-c3ccc(C#N)cc3)cs2)c(C)c1. The van der Waals surface area contributed by atoms with Crippen LogP contribution in [0.25, 0.3) is 11.3 Å². The molecule has 4 nitrogen and oxygen atoms in total. The third-order valence-corrected chi connectivity index (χ3v) is 5.62. The van der Waals surface area contributed by atoms with Crippen molar-refractivity contribution in [3.8, 4) is 17.3 Å². The van der Waals surface area contributed by atoms with Gasteiger partial charge in [-0.3, -0.25) is 0 Å². The Morgan fingerprint density at radius 3 is 2.46 bits per heavy atom. The number of aryl methyl sites for hydroxylation is 2. The van der Waals surface area contributed by atoms with Crippen molar-refractivity contribution in [3.63, 3.8) is 0 Å². The van der Waals surface area contributed by atoms with E-state index in [9.17, 15) is 0 Å². The highest BCUT2D eigenvalue weighted by Gasteiger charge is 2.10. The lowest BCUT2D eigenvalue weighted by Gasteiger charge is -2.11. The number of aromatic nitrogens is 1. The van der Waals surface area contributed by atoms with E-state index in [0.717, 1.165) is 34.9 Å². The molecule has 0 spiro atoms. The van der Waals surface area contributed by atoms with Gasteiger partial charge in [0.15, 0.2) is 0 Å². The van der Waals surface area contributed by atoms with Crippen LogP contribution in [0, 0.1) is 25.2 Å². The summed E-state index contributed by atoms with van der Waals surface area (Å²) >= 11 is 1.68. The summed E-state index contributed by atoms with van der Waals surface area (Å²) in [6, 6.07) is 14.0. The summed E-state index contributed by atoms with van der Waals surface area (Å²) in [5.74, 6) is 0. The minimum absolute atomic E-state index is 0.665. The van der Waals surface area contributed by atoms with Crippen LogP contribution in [0.2, 0.25) is 0 Å². The average Bonchev–Trinajstić information content (AvgIpc) is 3.17. The Balaban J connectivity index is 1.79. The minimum atomic E-state index is 0.665. The van der Waals surface area contributed by atoms with E-state index in [4.69, 9.17) is 10.2 Å². The summed E-state index contributed by atoms with van der Waals surface area (Å²) in [7, 11) is 2.02. The maximum atomic E-state index is 8.94. The molecule has 0 unspecified atom stereocenters. The average molecular weight is 389 g/mol. The van der Waals surface area contributed by atoms with Gasteiger partial charge in [0.1, 0.15) is 0 Å². The second kappa shape index (κ2) is 8.81. The summed E-state index contributed by atoms with van der Waals surface area (Å²) in [5.41, 5.74) is 7.43. The Morgan fingerprint density at radius 1 is 1.18 bits per heavy atom. The Bertz CT molecular complexity index is 1000. The maximum absolute atomic E-state index is 8.94. The molecule has 142 valence electrons. The van der Waals surface area contributed by atoms with Crippen LogP contribution in [0.1, 0.15) is 34.2 Å². The Morgan fingerprint density at radius 2 is 1.86 bits per heavy atom. The third kappa shape index (κ3) is 4.65. The number of hydrogen-bond acceptors (Lipinski definition) is 4. The molecule has 1 aromatic heterocycles. The highest BCUT2D eigenvalue weighted by atomic mass is 32.1. The molecule has 0 saturated heterocycles. The van der Waals surface area contributed by atoms with Crippen molar-refractivity contribution in [2.24, 2.45) is 4.99 Å². The molecule has 0 aliphatic rings. The predicted molar refractivity (Wildman–Crippen MR) is 117 cm³/mol. The molecular weight excluding hydrogens is 364 g/mol. The van der Waals surface area contributed by atoms with Crippen LogP contribution in [-0.4, -0.2) is 29.8 Å². The van der Waals surface area contributed by atoms with Gasteiger partial charge in [-0.25, -0.2) is 9.98 Å². The lowest BCUT2D eigenvalue weighted by molar-refractivity contribution is 0.552. The van der Waals surface area contributed by atoms with Gasteiger partial charge in [0.25, 0.3) is 0 Å². The number of rotatable bonds is 6. The lowest BCUT2D eigenvalue weighted by Crippen LogP contribution is -2.14. The van der Waals surface area contributed by atoms with Crippen LogP contribution in [0.4, 0.5) is 5.69 Å². The van der Waals surface area contributed by atoms with E-state index >= 15 is 0 Å². The molecule has 3 rings (SSSR count). The van der Waals surface area contributed by atoms with Gasteiger partial charge in [-0.1, -0.05) is 12.1 Å². The fourth-order valence-corrected chi connectivity index (χ4v) is 3.78. The molecule has 0 aliphatic carbocycles. The third-order valence-electron chi connectivity index (χ3n) is 4.77. The van der Waals surface area contributed by atoms with Crippen LogP contribution in [0.15, 0.2) is 46.8 Å². The van der Waals surface area contributed by atoms with Crippen LogP contribution in [0.5, 0.6) is 0 Å². The first kappa shape index (κ1) is 19.8. The molecule has 0 fully saturated rings. The second-order valence-corrected chi connectivity index (χ2v) is 7.81. The molecule has 0 saturated carbocycles. The second-order valence-electron chi connectivity index (χ2n) is 6.87. The zero-order valence-electron chi connectivity index (χ0n) is 16.7. The van der Waals surface area contributed by atoms with Crippen molar-refractivity contribution < 1.29 is 0 Å². The number of nitrogens with zero attached hydrogens (tertiary/aromatic N) is 4. The maximum Gasteiger partial charge on any atom is 0.0991 e. The Labute approximate surface area is 170 Å². The van der Waals surface area contributed by atoms with Crippen molar-refractivity contribution in [2.75, 3.05) is 13.6 Å². The molecule has 0 aliphatic heterocycles. The van der Waals surface area contributed by atoms with E-state index in [1.165, 1.54) is 16.7 Å². The molecule has 3 aromatic rings. The molecule has 5 heteroatoms. The molecule has 0 amide bonds. The zero-order chi connectivity index (χ0) is 20.1. The van der Waals surface area contributed by atoms with Crippen molar-refractivity contribution in [1.82, 2.24) is 9.88 Å². The van der Waals surface area contributed by atoms with Gasteiger partial charge in [0, 0.05) is 31.0 Å². The molecule has 0 bridgehead atoms. The van der Waals surface area contributed by atoms with E-state index in [1.54, 1.807) is 11.3 Å². The van der Waals surface area contributed by atoms with Crippen molar-refractivity contribution in [2.45, 2.75) is 27.2 Å². The summed E-state index contributed by atoms with van der Waals surface area (Å²) in [5, 5.41) is 12.1. The minimum Gasteiger partial charge on any atom is -0.366 e. The number of hydrogen-bond donors (Lipinski definition) is 0. The van der Waals surface area contributed by atoms with Crippen molar-refractivity contribution in [1.29, 1.82) is 5.26 Å². The first-order valence-corrected chi connectivity index (χ1v) is 10.2. The van der Waals surface area contributed by atoms with Gasteiger partial charge in [-0.05, 0) is 61.7 Å². The number of thiazole rings is 1. The fraction of sp³-hybridized carbons (Fsp3) is 0.261. The van der Waals surface area contributed by atoms with Crippen molar-refractivity contribution >= 4 is 23.4 Å². The molecule has 1 heterocycles. The number of aliphatic imine (C=N–C) groups is 1. The van der Waals surface area contributed by atoms with Gasteiger partial charge < -0.3 is 4.90 Å². The number of benzene rings is 2. The van der Waals surface area contributed by atoms with Gasteiger partial charge >= 0.3 is 0 Å². The molecule has 28 heavy (non-hydrogen) atoms. The van der Waals surface area contributed by atoms with Gasteiger partial charge in [0.2, 0.25) is 0 Å². The highest BCUT2D eigenvalue weighted by molar-refractivity contribution is 7.10. The standard InChI is InChI=1S/C23H24N4S/c1-5-27(4)15-25-20-10-16(2)21(17(3)11-20)12-23-26-22(14-28-23)19-8-6-18(13-24)7-9-19/h6-11,14-15H,5,12H2,1-4H3. The smallest absolute Gasteiger partial charge is 0.0991 e. The molecule has 0 radical (unpaired) electrons. The first-order valence-electron chi connectivity index (χ1n) is 9.29. The quantitative estimate of drug-likeness (QED) is 0.414. The fourth-order valence-electron chi connectivity index (χ4n) is 2.96. The van der Waals surface area contributed by atoms with E-state index in [0.29, 0.717) is 5.56 Å². The van der Waals surface area contributed by atoms with Gasteiger partial charge in [0.05, 0.1) is 34.4 Å². The van der Waals surface area contributed by atoms with Crippen LogP contribution >= 0.6 is 11.3 Å². The van der Waals surface area contributed by atoms with Crippen molar-refractivity contribution in [3.05, 3.63) is 69.0 Å². The van der Waals surface area contributed by atoms with Crippen LogP contribution in [0.3, 0.4) is 0 Å². The monoisotopic (exact) mass is 388 g/mol. The largest absolute Gasteiger partial charge is 0.366 e. The normalized spacial score (nSPS) is 11.0. The molecule has 0 atom stereocenters. The van der Waals surface area contributed by atoms with Gasteiger partial charge in [-0.2, -0.15) is 5.26 Å². The summed E-state index contributed by atoms with van der Waals surface area (Å²) < 4.78 is 0. The predicted octanol–water partition coefficient (Wildman–Crippen LogP) is 5.50. The molecule has 2 aromatic carbocycles. The van der Waals surface area contributed by atoms with E-state index in [2.05, 4.69) is 54.2 Å². The van der Waals surface area contributed by atoms with E-state index < -0.39 is 0 Å². The summed E-state index contributed by atoms with van der Waals surface area (Å²) in [6.07, 6.45) is 2.69. The van der Waals surface area contributed by atoms with Gasteiger partial charge in [-0.15, -0.1) is 11.3 Å². The van der Waals surface area contributed by atoms with E-state index in [1.807, 2.05) is 37.7 Å². The summed E-state index contributed by atoms with van der Waals surface area (Å²) in [4.78, 5) is 11.4. The summed E-state index contributed by atoms with van der Waals surface area (Å²) in [6.45, 7) is 7.32. The first-order chi connectivity index (χ1) is 13.5. The zero-order valence-corrected chi connectivity index (χ0v) is 17.5. The Hall–Kier alpha value is -2.97. The van der Waals surface area contributed by atoms with Crippen LogP contribution in [-0.2, 0) is 6.42 Å². The molecule has 0 N–H and O–H groups in total. The van der Waals surface area contributed by atoms with Crippen LogP contribution < -0.4 is 0 Å².